The molecule has 2 rings (SSSR count). The van der Waals surface area contributed by atoms with Crippen LogP contribution in [0.3, 0.4) is 0 Å². The Labute approximate surface area is 216 Å². The van der Waals surface area contributed by atoms with Gasteiger partial charge >= 0.3 is 11.9 Å². The van der Waals surface area contributed by atoms with E-state index in [0.717, 1.165) is 49.4 Å². The number of sulfonamides is 1. The van der Waals surface area contributed by atoms with Gasteiger partial charge in [-0.25, -0.2) is 22.4 Å². The standard InChI is InChI=1S/C22H27FN6O8S/c1-12(30)29(17(20(32)33)4-3-8-27-22(24)25)16-7-9-26-19(31)18(16)28-38(35,36)11-13-10-14(23)5-6-15(13)21(34)37-2/h5-7,9-10,17,28H,3-4,8,11H2,1-2H3,(H,26,31)(H,32,33)(H4,24,25,27)/t17-/m0/s1. The van der Waals surface area contributed by atoms with Crippen LogP contribution in [-0.4, -0.2) is 62.0 Å². The average molecular weight is 555 g/mol. The summed E-state index contributed by atoms with van der Waals surface area (Å²) in [7, 11) is -3.46. The Morgan fingerprint density at radius 3 is 2.53 bits per heavy atom. The van der Waals surface area contributed by atoms with E-state index in [-0.39, 0.29) is 42.2 Å². The van der Waals surface area contributed by atoms with Crippen LogP contribution in [0.5, 0.6) is 0 Å². The van der Waals surface area contributed by atoms with E-state index in [4.69, 9.17) is 11.5 Å². The van der Waals surface area contributed by atoms with Gasteiger partial charge in [0.2, 0.25) is 15.9 Å². The maximum absolute atomic E-state index is 13.8. The molecule has 206 valence electrons. The maximum atomic E-state index is 13.8. The fraction of sp³-hybridized carbons (Fsp3) is 0.318. The van der Waals surface area contributed by atoms with Crippen LogP contribution in [0.4, 0.5) is 15.8 Å². The van der Waals surface area contributed by atoms with Crippen molar-refractivity contribution in [2.45, 2.75) is 31.6 Å². The molecule has 7 N–H and O–H groups in total. The summed E-state index contributed by atoms with van der Waals surface area (Å²) < 4.78 is 46.5. The highest BCUT2D eigenvalue weighted by Gasteiger charge is 2.32. The number of rotatable bonds is 12. The summed E-state index contributed by atoms with van der Waals surface area (Å²) >= 11 is 0. The van der Waals surface area contributed by atoms with Gasteiger partial charge < -0.3 is 26.3 Å². The molecule has 0 saturated heterocycles. The van der Waals surface area contributed by atoms with E-state index in [0.29, 0.717) is 0 Å². The molecule has 0 bridgehead atoms. The molecule has 14 nitrogen and oxygen atoms in total. The predicted molar refractivity (Wildman–Crippen MR) is 136 cm³/mol. The third kappa shape index (κ3) is 7.76. The highest BCUT2D eigenvalue weighted by atomic mass is 32.2. The number of hydrogen-bond acceptors (Lipinski definition) is 8. The van der Waals surface area contributed by atoms with E-state index in [1.54, 1.807) is 0 Å². The number of ether oxygens (including phenoxy) is 1. The lowest BCUT2D eigenvalue weighted by Crippen LogP contribution is -2.45. The van der Waals surface area contributed by atoms with E-state index < -0.39 is 56.7 Å². The molecule has 38 heavy (non-hydrogen) atoms. The Hall–Kier alpha value is -4.47. The molecule has 1 aromatic heterocycles. The van der Waals surface area contributed by atoms with Crippen molar-refractivity contribution in [3.63, 3.8) is 0 Å². The summed E-state index contributed by atoms with van der Waals surface area (Å²) in [4.78, 5) is 56.0. The van der Waals surface area contributed by atoms with Crippen LogP contribution in [0.1, 0.15) is 35.7 Å². The fourth-order valence-corrected chi connectivity index (χ4v) is 4.80. The van der Waals surface area contributed by atoms with E-state index in [1.807, 2.05) is 4.72 Å². The van der Waals surface area contributed by atoms with Crippen molar-refractivity contribution in [2.75, 3.05) is 23.3 Å². The molecule has 0 aliphatic rings. The number of aliphatic imine (C=N–C) groups is 1. The number of anilines is 2. The van der Waals surface area contributed by atoms with Crippen molar-refractivity contribution >= 4 is 45.2 Å². The third-order valence-electron chi connectivity index (χ3n) is 5.14. The first-order chi connectivity index (χ1) is 17.8. The van der Waals surface area contributed by atoms with E-state index in [1.165, 1.54) is 0 Å². The molecule has 1 amide bonds. The van der Waals surface area contributed by atoms with Gasteiger partial charge in [-0.15, -0.1) is 0 Å². The molecule has 2 aromatic rings. The molecule has 0 fully saturated rings. The van der Waals surface area contributed by atoms with Crippen LogP contribution in [0, 0.1) is 5.82 Å². The lowest BCUT2D eigenvalue weighted by Gasteiger charge is -2.29. The Morgan fingerprint density at radius 2 is 1.95 bits per heavy atom. The van der Waals surface area contributed by atoms with Gasteiger partial charge in [-0.05, 0) is 42.7 Å². The highest BCUT2D eigenvalue weighted by molar-refractivity contribution is 7.91. The number of aliphatic carboxylic acids is 1. The van der Waals surface area contributed by atoms with Crippen molar-refractivity contribution < 1.29 is 37.0 Å². The molecule has 0 spiro atoms. The number of nitrogens with zero attached hydrogens (tertiary/aromatic N) is 2. The molecule has 1 heterocycles. The largest absolute Gasteiger partial charge is 0.480 e. The van der Waals surface area contributed by atoms with Crippen LogP contribution in [0.15, 0.2) is 40.2 Å². The van der Waals surface area contributed by atoms with Gasteiger partial charge in [0.05, 0.1) is 24.1 Å². The number of halogens is 1. The number of carbonyl (C=O) groups excluding carboxylic acids is 2. The molecule has 0 saturated carbocycles. The van der Waals surface area contributed by atoms with Gasteiger partial charge in [-0.1, -0.05) is 0 Å². The first kappa shape index (κ1) is 29.8. The number of nitrogens with two attached hydrogens (primary N) is 2. The van der Waals surface area contributed by atoms with Gasteiger partial charge in [0.1, 0.15) is 17.5 Å². The smallest absolute Gasteiger partial charge is 0.338 e. The minimum Gasteiger partial charge on any atom is -0.480 e. The van der Waals surface area contributed by atoms with Gasteiger partial charge in [-0.2, -0.15) is 0 Å². The Kier molecular flexibility index (Phi) is 9.92. The number of methoxy groups -OCH3 is 1. The number of carboxylic acids is 1. The number of benzene rings is 1. The van der Waals surface area contributed by atoms with Crippen molar-refractivity contribution in [1.82, 2.24) is 4.98 Å². The summed E-state index contributed by atoms with van der Waals surface area (Å²) in [6.07, 6.45) is 1.10. The zero-order chi connectivity index (χ0) is 28.6. The molecule has 0 radical (unpaired) electrons. The lowest BCUT2D eigenvalue weighted by atomic mass is 10.1. The number of guanidine groups is 1. The Balaban J connectivity index is 2.50. The first-order valence-electron chi connectivity index (χ1n) is 10.9. The monoisotopic (exact) mass is 554 g/mol. The van der Waals surface area contributed by atoms with Crippen molar-refractivity contribution in [3.8, 4) is 0 Å². The van der Waals surface area contributed by atoms with Crippen LogP contribution in [0.2, 0.25) is 0 Å². The van der Waals surface area contributed by atoms with Gasteiger partial charge in [0, 0.05) is 19.7 Å². The number of esters is 1. The Bertz CT molecular complexity index is 1400. The summed E-state index contributed by atoms with van der Waals surface area (Å²) in [6, 6.07) is 2.44. The van der Waals surface area contributed by atoms with Crippen molar-refractivity contribution in [1.29, 1.82) is 0 Å². The van der Waals surface area contributed by atoms with Crippen molar-refractivity contribution in [2.24, 2.45) is 16.5 Å². The second kappa shape index (κ2) is 12.7. The molecule has 0 aliphatic carbocycles. The second-order valence-corrected chi connectivity index (χ2v) is 9.64. The van der Waals surface area contributed by atoms with Crippen LogP contribution < -0.4 is 26.6 Å². The molecular formula is C22H27FN6O8S. The highest BCUT2D eigenvalue weighted by Crippen LogP contribution is 2.28. The van der Waals surface area contributed by atoms with E-state index in [2.05, 4.69) is 14.7 Å². The topological polar surface area (TPSA) is 227 Å². The lowest BCUT2D eigenvalue weighted by molar-refractivity contribution is -0.140. The SMILES string of the molecule is COC(=O)c1ccc(F)cc1CS(=O)(=O)Nc1c(N(C(C)=O)[C@@H](CCCN=C(N)N)C(=O)O)cc[nH]c1=O. The molecule has 1 aromatic carbocycles. The second-order valence-electron chi connectivity index (χ2n) is 7.91. The number of aromatic nitrogens is 1. The molecule has 16 heteroatoms. The normalized spacial score (nSPS) is 11.8. The summed E-state index contributed by atoms with van der Waals surface area (Å²) in [5.74, 6) is -5.13. The van der Waals surface area contributed by atoms with Crippen LogP contribution in [0.25, 0.3) is 0 Å². The number of hydrogen-bond donors (Lipinski definition) is 5. The Morgan fingerprint density at radius 1 is 1.26 bits per heavy atom. The first-order valence-corrected chi connectivity index (χ1v) is 12.6. The van der Waals surface area contributed by atoms with Crippen molar-refractivity contribution in [3.05, 3.63) is 57.8 Å². The zero-order valence-corrected chi connectivity index (χ0v) is 21.2. The number of amides is 1. The van der Waals surface area contributed by atoms with Gasteiger partial charge in [0.15, 0.2) is 5.96 Å². The minimum atomic E-state index is -4.52. The fourth-order valence-electron chi connectivity index (χ4n) is 3.57. The summed E-state index contributed by atoms with van der Waals surface area (Å²) in [5, 5.41) is 9.80. The number of H-pyrrole nitrogens is 1. The number of aromatic amines is 1. The third-order valence-corrected chi connectivity index (χ3v) is 6.35. The maximum Gasteiger partial charge on any atom is 0.338 e. The zero-order valence-electron chi connectivity index (χ0n) is 20.4. The predicted octanol–water partition coefficient (Wildman–Crippen LogP) is 0.102. The summed E-state index contributed by atoms with van der Waals surface area (Å²) in [5.41, 5.74) is 8.04. The molecular weight excluding hydrogens is 527 g/mol. The van der Waals surface area contributed by atoms with Crippen LogP contribution >= 0.6 is 0 Å². The number of nitrogens with one attached hydrogen (secondary N) is 2. The molecule has 1 atom stereocenters. The van der Waals surface area contributed by atoms with Gasteiger partial charge in [-0.3, -0.25) is 24.2 Å². The number of carbonyl (C=O) groups is 3. The van der Waals surface area contributed by atoms with Gasteiger partial charge in [0.25, 0.3) is 5.56 Å². The number of pyridine rings is 1. The minimum absolute atomic E-state index is 0.0584. The van der Waals surface area contributed by atoms with E-state index >= 15 is 0 Å². The average Bonchev–Trinajstić information content (AvgIpc) is 2.81. The van der Waals surface area contributed by atoms with E-state index in [9.17, 15) is 37.1 Å². The quantitative estimate of drug-likeness (QED) is 0.103. The number of carboxylic acid groups (broad SMARTS) is 1. The summed E-state index contributed by atoms with van der Waals surface area (Å²) in [6.45, 7) is 1.10. The molecule has 0 aliphatic heterocycles. The van der Waals surface area contributed by atoms with Crippen LogP contribution in [-0.2, 0) is 30.1 Å². The molecule has 0 unspecified atom stereocenters.